The van der Waals surface area contributed by atoms with Crippen molar-refractivity contribution in [3.63, 3.8) is 0 Å². The van der Waals surface area contributed by atoms with Gasteiger partial charge in [0.2, 0.25) is 0 Å². The van der Waals surface area contributed by atoms with Gasteiger partial charge in [0.1, 0.15) is 0 Å². The minimum Gasteiger partial charge on any atom is -0.348 e. The number of carbonyl (C=O) groups is 1. The molecule has 0 saturated heterocycles. The molecule has 1 aromatic carbocycles. The molecule has 2 saturated carbocycles. The molecule has 1 amide bonds. The molecule has 130 valence electrons. The summed E-state index contributed by atoms with van der Waals surface area (Å²) < 4.78 is 2.05. The molecule has 2 fully saturated rings. The molecule has 0 unspecified atom stereocenters. The summed E-state index contributed by atoms with van der Waals surface area (Å²) in [6.07, 6.45) is 9.62. The Morgan fingerprint density at radius 2 is 1.76 bits per heavy atom. The maximum absolute atomic E-state index is 13.0. The number of para-hydroxylation sites is 1. The van der Waals surface area contributed by atoms with Gasteiger partial charge in [0.05, 0.1) is 11.4 Å². The first kappa shape index (κ1) is 15.2. The molecule has 2 bridgehead atoms. The topological polar surface area (TPSA) is 46.9 Å². The SMILES string of the molecule is O=C(NC1CCCCC1)c1nn(-c2ccccc2)c2c1[C@H]1CC[C@H]2C1. The van der Waals surface area contributed by atoms with Gasteiger partial charge in [-0.2, -0.15) is 5.10 Å². The molecule has 4 heteroatoms. The monoisotopic (exact) mass is 335 g/mol. The number of carbonyl (C=O) groups excluding carboxylic acids is 1. The van der Waals surface area contributed by atoms with Gasteiger partial charge in [-0.05, 0) is 50.2 Å². The van der Waals surface area contributed by atoms with E-state index in [2.05, 4.69) is 22.1 Å². The first-order valence-electron chi connectivity index (χ1n) is 9.80. The van der Waals surface area contributed by atoms with Crippen LogP contribution in [0.1, 0.15) is 84.9 Å². The number of amides is 1. The van der Waals surface area contributed by atoms with E-state index in [4.69, 9.17) is 5.10 Å². The quantitative estimate of drug-likeness (QED) is 0.909. The van der Waals surface area contributed by atoms with Crippen LogP contribution in [0.4, 0.5) is 0 Å². The average molecular weight is 335 g/mol. The van der Waals surface area contributed by atoms with Crippen LogP contribution in [0.5, 0.6) is 0 Å². The van der Waals surface area contributed by atoms with Crippen LogP contribution in [-0.4, -0.2) is 21.7 Å². The molecule has 0 aliphatic heterocycles. The molecule has 3 aliphatic carbocycles. The smallest absolute Gasteiger partial charge is 0.272 e. The highest BCUT2D eigenvalue weighted by Gasteiger charge is 2.44. The number of hydrogen-bond acceptors (Lipinski definition) is 2. The lowest BCUT2D eigenvalue weighted by Crippen LogP contribution is -2.36. The van der Waals surface area contributed by atoms with E-state index < -0.39 is 0 Å². The molecule has 0 spiro atoms. The third-order valence-corrected chi connectivity index (χ3v) is 6.34. The average Bonchev–Trinajstić information content (AvgIpc) is 3.36. The summed E-state index contributed by atoms with van der Waals surface area (Å²) in [4.78, 5) is 13.0. The molecule has 4 nitrogen and oxygen atoms in total. The fourth-order valence-electron chi connectivity index (χ4n) is 5.16. The van der Waals surface area contributed by atoms with Gasteiger partial charge in [0.15, 0.2) is 5.69 Å². The lowest BCUT2D eigenvalue weighted by Gasteiger charge is -2.22. The lowest BCUT2D eigenvalue weighted by atomic mass is 9.93. The molecular formula is C21H25N3O. The third kappa shape index (κ3) is 2.50. The van der Waals surface area contributed by atoms with E-state index in [1.54, 1.807) is 0 Å². The summed E-state index contributed by atoms with van der Waals surface area (Å²) in [5, 5.41) is 8.09. The normalized spacial score (nSPS) is 25.1. The fourth-order valence-corrected chi connectivity index (χ4v) is 5.16. The molecule has 5 rings (SSSR count). The van der Waals surface area contributed by atoms with Crippen molar-refractivity contribution < 1.29 is 4.79 Å². The highest BCUT2D eigenvalue weighted by atomic mass is 16.2. The summed E-state index contributed by atoms with van der Waals surface area (Å²) >= 11 is 0. The van der Waals surface area contributed by atoms with Crippen molar-refractivity contribution >= 4 is 5.91 Å². The Labute approximate surface area is 148 Å². The largest absolute Gasteiger partial charge is 0.348 e. The number of rotatable bonds is 3. The standard InChI is InChI=1S/C21H25N3O/c25-21(22-16-7-3-1-4-8-16)19-18-14-11-12-15(13-14)20(18)24(23-19)17-9-5-2-6-10-17/h2,5-6,9-10,14-16H,1,3-4,7-8,11-13H2,(H,22,25)/t14-,15-/m0/s1. The van der Waals surface area contributed by atoms with Gasteiger partial charge in [-0.3, -0.25) is 4.79 Å². The lowest BCUT2D eigenvalue weighted by molar-refractivity contribution is 0.0921. The van der Waals surface area contributed by atoms with E-state index in [9.17, 15) is 4.79 Å². The van der Waals surface area contributed by atoms with Crippen LogP contribution in [-0.2, 0) is 0 Å². The summed E-state index contributed by atoms with van der Waals surface area (Å²) in [6.45, 7) is 0. The third-order valence-electron chi connectivity index (χ3n) is 6.34. The van der Waals surface area contributed by atoms with Crippen molar-refractivity contribution in [2.75, 3.05) is 0 Å². The molecule has 2 aromatic rings. The zero-order chi connectivity index (χ0) is 16.8. The minimum atomic E-state index is 0.0466. The van der Waals surface area contributed by atoms with Crippen molar-refractivity contribution in [2.24, 2.45) is 0 Å². The molecule has 1 aromatic heterocycles. The molecule has 1 heterocycles. The van der Waals surface area contributed by atoms with Gasteiger partial charge in [-0.15, -0.1) is 0 Å². The molecule has 25 heavy (non-hydrogen) atoms. The molecule has 2 atom stereocenters. The number of hydrogen-bond donors (Lipinski definition) is 1. The first-order valence-corrected chi connectivity index (χ1v) is 9.80. The van der Waals surface area contributed by atoms with Gasteiger partial charge in [0, 0.05) is 17.5 Å². The van der Waals surface area contributed by atoms with E-state index >= 15 is 0 Å². The zero-order valence-corrected chi connectivity index (χ0v) is 14.6. The van der Waals surface area contributed by atoms with E-state index in [0.717, 1.165) is 18.5 Å². The van der Waals surface area contributed by atoms with Crippen LogP contribution in [0, 0.1) is 0 Å². The fraction of sp³-hybridized carbons (Fsp3) is 0.524. The number of fused-ring (bicyclic) bond motifs is 5. The Hall–Kier alpha value is -2.10. The van der Waals surface area contributed by atoms with Gasteiger partial charge in [-0.25, -0.2) is 4.68 Å². The van der Waals surface area contributed by atoms with Crippen LogP contribution >= 0.6 is 0 Å². The Kier molecular flexibility index (Phi) is 3.65. The second kappa shape index (κ2) is 6.01. The van der Waals surface area contributed by atoms with Crippen LogP contribution in [0.25, 0.3) is 5.69 Å². The molecular weight excluding hydrogens is 310 g/mol. The van der Waals surface area contributed by atoms with E-state index in [-0.39, 0.29) is 5.91 Å². The number of nitrogens with one attached hydrogen (secondary N) is 1. The Bertz CT molecular complexity index is 789. The second-order valence-corrected chi connectivity index (χ2v) is 7.91. The zero-order valence-electron chi connectivity index (χ0n) is 14.6. The van der Waals surface area contributed by atoms with Crippen LogP contribution < -0.4 is 5.32 Å². The number of nitrogens with zero attached hydrogens (tertiary/aromatic N) is 2. The highest BCUT2D eigenvalue weighted by molar-refractivity contribution is 5.95. The predicted octanol–water partition coefficient (Wildman–Crippen LogP) is 4.30. The summed E-state index contributed by atoms with van der Waals surface area (Å²) in [7, 11) is 0. The Balaban J connectivity index is 1.52. The van der Waals surface area contributed by atoms with Crippen molar-refractivity contribution in [2.45, 2.75) is 69.2 Å². The Morgan fingerprint density at radius 3 is 2.56 bits per heavy atom. The minimum absolute atomic E-state index is 0.0466. The molecule has 0 radical (unpaired) electrons. The van der Waals surface area contributed by atoms with Crippen molar-refractivity contribution in [1.29, 1.82) is 0 Å². The predicted molar refractivity (Wildman–Crippen MR) is 97.2 cm³/mol. The molecule has 3 aliphatic rings. The van der Waals surface area contributed by atoms with E-state index in [0.29, 0.717) is 23.6 Å². The first-order chi connectivity index (χ1) is 12.3. The van der Waals surface area contributed by atoms with Gasteiger partial charge < -0.3 is 5.32 Å². The van der Waals surface area contributed by atoms with Gasteiger partial charge in [-0.1, -0.05) is 37.5 Å². The number of aromatic nitrogens is 2. The summed E-state index contributed by atoms with van der Waals surface area (Å²) in [6, 6.07) is 10.6. The maximum Gasteiger partial charge on any atom is 0.272 e. The maximum atomic E-state index is 13.0. The molecule has 1 N–H and O–H groups in total. The van der Waals surface area contributed by atoms with Gasteiger partial charge >= 0.3 is 0 Å². The van der Waals surface area contributed by atoms with E-state index in [1.165, 1.54) is 49.8 Å². The van der Waals surface area contributed by atoms with E-state index in [1.807, 2.05) is 18.2 Å². The number of benzene rings is 1. The summed E-state index contributed by atoms with van der Waals surface area (Å²) in [5.41, 5.74) is 4.31. The van der Waals surface area contributed by atoms with Crippen molar-refractivity contribution in [3.8, 4) is 5.69 Å². The van der Waals surface area contributed by atoms with Crippen LogP contribution in [0.2, 0.25) is 0 Å². The second-order valence-electron chi connectivity index (χ2n) is 7.91. The highest BCUT2D eigenvalue weighted by Crippen LogP contribution is 2.54. The summed E-state index contributed by atoms with van der Waals surface area (Å²) in [5.74, 6) is 1.15. The van der Waals surface area contributed by atoms with Gasteiger partial charge in [0.25, 0.3) is 5.91 Å². The van der Waals surface area contributed by atoms with Crippen molar-refractivity contribution in [3.05, 3.63) is 47.3 Å². The van der Waals surface area contributed by atoms with Crippen LogP contribution in [0.3, 0.4) is 0 Å². The Morgan fingerprint density at radius 1 is 1.00 bits per heavy atom. The van der Waals surface area contributed by atoms with Crippen LogP contribution in [0.15, 0.2) is 30.3 Å². The van der Waals surface area contributed by atoms with Crippen molar-refractivity contribution in [1.82, 2.24) is 15.1 Å².